The fourth-order valence-corrected chi connectivity index (χ4v) is 2.56. The summed E-state index contributed by atoms with van der Waals surface area (Å²) in [4.78, 5) is 10.7. The van der Waals surface area contributed by atoms with Crippen LogP contribution in [0.1, 0.15) is 44.7 Å². The minimum absolute atomic E-state index is 0.192. The van der Waals surface area contributed by atoms with E-state index in [1.54, 1.807) is 0 Å². The van der Waals surface area contributed by atoms with Crippen LogP contribution in [0.3, 0.4) is 0 Å². The number of para-hydroxylation sites is 1. The fraction of sp³-hybridized carbons (Fsp3) is 0.533. The van der Waals surface area contributed by atoms with E-state index >= 15 is 0 Å². The number of ether oxygens (including phenoxy) is 1. The molecule has 1 amide bonds. The third-order valence-electron chi connectivity index (χ3n) is 3.50. The molecule has 1 unspecified atom stereocenters. The van der Waals surface area contributed by atoms with Crippen molar-refractivity contribution in [3.8, 4) is 5.75 Å². The third-order valence-corrected chi connectivity index (χ3v) is 3.50. The van der Waals surface area contributed by atoms with Crippen LogP contribution in [0.4, 0.5) is 0 Å². The first-order valence-corrected chi connectivity index (χ1v) is 6.80. The van der Waals surface area contributed by atoms with E-state index in [1.807, 2.05) is 18.2 Å². The van der Waals surface area contributed by atoms with E-state index < -0.39 is 0 Å². The van der Waals surface area contributed by atoms with Crippen LogP contribution in [0.25, 0.3) is 0 Å². The van der Waals surface area contributed by atoms with Gasteiger partial charge in [0.05, 0.1) is 6.04 Å². The van der Waals surface area contributed by atoms with Crippen LogP contribution in [0.2, 0.25) is 0 Å². The van der Waals surface area contributed by atoms with E-state index in [9.17, 15) is 4.79 Å². The lowest BCUT2D eigenvalue weighted by Crippen LogP contribution is -2.39. The van der Waals surface area contributed by atoms with E-state index in [-0.39, 0.29) is 17.6 Å². The zero-order chi connectivity index (χ0) is 13.9. The van der Waals surface area contributed by atoms with Crippen LogP contribution >= 0.6 is 0 Å². The summed E-state index contributed by atoms with van der Waals surface area (Å²) in [7, 11) is 0. The molecule has 1 aromatic carbocycles. The third kappa shape index (κ3) is 3.26. The number of carbonyl (C=O) groups is 1. The summed E-state index contributed by atoms with van der Waals surface area (Å²) in [6, 6.07) is 8.32. The zero-order valence-electron chi connectivity index (χ0n) is 11.6. The van der Waals surface area contributed by atoms with Gasteiger partial charge >= 0.3 is 0 Å². The molecule has 19 heavy (non-hydrogen) atoms. The predicted molar refractivity (Wildman–Crippen MR) is 74.9 cm³/mol. The molecule has 0 aromatic heterocycles. The molecule has 3 N–H and O–H groups in total. The molecule has 104 valence electrons. The van der Waals surface area contributed by atoms with Crippen molar-refractivity contribution in [2.45, 2.75) is 44.8 Å². The molecule has 4 nitrogen and oxygen atoms in total. The van der Waals surface area contributed by atoms with Gasteiger partial charge in [-0.2, -0.15) is 0 Å². The molecule has 4 heteroatoms. The van der Waals surface area contributed by atoms with Gasteiger partial charge in [-0.25, -0.2) is 0 Å². The zero-order valence-corrected chi connectivity index (χ0v) is 11.6. The summed E-state index contributed by atoms with van der Waals surface area (Å²) >= 11 is 0. The van der Waals surface area contributed by atoms with Gasteiger partial charge in [0.15, 0.2) is 0 Å². The van der Waals surface area contributed by atoms with Crippen LogP contribution in [0.5, 0.6) is 5.75 Å². The molecule has 1 heterocycles. The lowest BCUT2D eigenvalue weighted by atomic mass is 9.94. The molecule has 0 saturated heterocycles. The van der Waals surface area contributed by atoms with Crippen LogP contribution in [-0.2, 0) is 4.79 Å². The van der Waals surface area contributed by atoms with Gasteiger partial charge in [0.2, 0.25) is 5.91 Å². The molecule has 1 atom stereocenters. The number of hydrogen-bond acceptors (Lipinski definition) is 3. The number of carbonyl (C=O) groups excluding carboxylic acids is 1. The minimum Gasteiger partial charge on any atom is -0.486 e. The molecular formula is C15H22N2O2. The summed E-state index contributed by atoms with van der Waals surface area (Å²) in [6.07, 6.45) is 2.23. The van der Waals surface area contributed by atoms with Crippen molar-refractivity contribution in [1.29, 1.82) is 0 Å². The Labute approximate surface area is 114 Å². The predicted octanol–water partition coefficient (Wildman–Crippen LogP) is 2.14. The lowest BCUT2D eigenvalue weighted by molar-refractivity contribution is -0.118. The molecule has 0 fully saturated rings. The van der Waals surface area contributed by atoms with Crippen LogP contribution in [0.15, 0.2) is 24.3 Å². The lowest BCUT2D eigenvalue weighted by Gasteiger charge is -2.27. The second-order valence-corrected chi connectivity index (χ2v) is 5.55. The topological polar surface area (TPSA) is 64.3 Å². The van der Waals surface area contributed by atoms with Crippen molar-refractivity contribution >= 4 is 5.91 Å². The first-order valence-electron chi connectivity index (χ1n) is 6.80. The molecule has 2 rings (SSSR count). The van der Waals surface area contributed by atoms with Gasteiger partial charge in [0, 0.05) is 12.0 Å². The van der Waals surface area contributed by atoms with Crippen molar-refractivity contribution in [2.24, 2.45) is 5.73 Å². The molecule has 0 bridgehead atoms. The standard InChI is InChI=1S/C15H22N2O2/c1-15(2)14(17-10-6-5-9-13(16)18)11-7-3-4-8-12(11)19-15/h3-4,7-8,14,17H,5-6,9-10H2,1-2H3,(H2,16,18). The Morgan fingerprint density at radius 2 is 2.11 bits per heavy atom. The van der Waals surface area contributed by atoms with Gasteiger partial charge in [-0.1, -0.05) is 18.2 Å². The number of unbranched alkanes of at least 4 members (excludes halogenated alkanes) is 1. The SMILES string of the molecule is CC1(C)Oc2ccccc2C1NCCCCC(N)=O. The summed E-state index contributed by atoms with van der Waals surface area (Å²) in [5.74, 6) is 0.733. The van der Waals surface area contributed by atoms with E-state index in [1.165, 1.54) is 5.56 Å². The molecule has 1 aromatic rings. The Balaban J connectivity index is 1.90. The Kier molecular flexibility index (Phi) is 4.10. The van der Waals surface area contributed by atoms with E-state index in [0.29, 0.717) is 6.42 Å². The Morgan fingerprint density at radius 3 is 2.84 bits per heavy atom. The highest BCUT2D eigenvalue weighted by Crippen LogP contribution is 2.42. The number of rotatable bonds is 6. The summed E-state index contributed by atoms with van der Waals surface area (Å²) < 4.78 is 5.97. The first kappa shape index (κ1) is 13.9. The highest BCUT2D eigenvalue weighted by atomic mass is 16.5. The number of primary amides is 1. The maximum atomic E-state index is 10.7. The van der Waals surface area contributed by atoms with Gasteiger partial charge in [-0.3, -0.25) is 4.79 Å². The minimum atomic E-state index is -0.243. The van der Waals surface area contributed by atoms with Crippen molar-refractivity contribution in [3.63, 3.8) is 0 Å². The van der Waals surface area contributed by atoms with Crippen LogP contribution < -0.4 is 15.8 Å². The van der Waals surface area contributed by atoms with Crippen molar-refractivity contribution in [3.05, 3.63) is 29.8 Å². The van der Waals surface area contributed by atoms with Gasteiger partial charge in [-0.15, -0.1) is 0 Å². The fourth-order valence-electron chi connectivity index (χ4n) is 2.56. The van der Waals surface area contributed by atoms with Gasteiger partial charge in [0.1, 0.15) is 11.4 Å². The molecule has 1 aliphatic heterocycles. The normalized spacial score (nSPS) is 19.8. The Bertz CT molecular complexity index is 457. The second-order valence-electron chi connectivity index (χ2n) is 5.55. The van der Waals surface area contributed by atoms with Crippen LogP contribution in [0, 0.1) is 0 Å². The number of nitrogens with two attached hydrogens (primary N) is 1. The summed E-state index contributed by atoms with van der Waals surface area (Å²) in [5.41, 5.74) is 6.09. The molecular weight excluding hydrogens is 240 g/mol. The summed E-state index contributed by atoms with van der Waals surface area (Å²) in [5, 5.41) is 3.52. The largest absolute Gasteiger partial charge is 0.486 e. The number of amides is 1. The molecule has 0 radical (unpaired) electrons. The summed E-state index contributed by atoms with van der Waals surface area (Å²) in [6.45, 7) is 5.04. The van der Waals surface area contributed by atoms with Crippen molar-refractivity contribution < 1.29 is 9.53 Å². The smallest absolute Gasteiger partial charge is 0.217 e. The number of benzene rings is 1. The highest BCUT2D eigenvalue weighted by Gasteiger charge is 2.40. The van der Waals surface area contributed by atoms with Crippen molar-refractivity contribution in [2.75, 3.05) is 6.54 Å². The number of fused-ring (bicyclic) bond motifs is 1. The quantitative estimate of drug-likeness (QED) is 0.772. The number of hydrogen-bond donors (Lipinski definition) is 2. The van der Waals surface area contributed by atoms with Crippen molar-refractivity contribution in [1.82, 2.24) is 5.32 Å². The molecule has 0 spiro atoms. The molecule has 0 saturated carbocycles. The molecule has 0 aliphatic carbocycles. The second kappa shape index (κ2) is 5.61. The Hall–Kier alpha value is -1.55. The van der Waals surface area contributed by atoms with E-state index in [4.69, 9.17) is 10.5 Å². The van der Waals surface area contributed by atoms with E-state index in [0.717, 1.165) is 25.1 Å². The van der Waals surface area contributed by atoms with Crippen LogP contribution in [-0.4, -0.2) is 18.1 Å². The first-order chi connectivity index (χ1) is 9.00. The maximum Gasteiger partial charge on any atom is 0.217 e. The monoisotopic (exact) mass is 262 g/mol. The molecule has 1 aliphatic rings. The van der Waals surface area contributed by atoms with E-state index in [2.05, 4.69) is 25.2 Å². The van der Waals surface area contributed by atoms with Gasteiger partial charge in [0.25, 0.3) is 0 Å². The van der Waals surface area contributed by atoms with Gasteiger partial charge < -0.3 is 15.8 Å². The highest BCUT2D eigenvalue weighted by molar-refractivity contribution is 5.73. The average Bonchev–Trinajstić information content (AvgIpc) is 2.59. The maximum absolute atomic E-state index is 10.7. The Morgan fingerprint density at radius 1 is 1.37 bits per heavy atom. The van der Waals surface area contributed by atoms with Gasteiger partial charge in [-0.05, 0) is 39.3 Å². The average molecular weight is 262 g/mol. The number of nitrogens with one attached hydrogen (secondary N) is 1.